The number of imidazole rings is 1. The predicted octanol–water partition coefficient (Wildman–Crippen LogP) is 2.13. The topological polar surface area (TPSA) is 59.0 Å². The van der Waals surface area contributed by atoms with Crippen molar-refractivity contribution in [3.63, 3.8) is 0 Å². The van der Waals surface area contributed by atoms with E-state index in [0.29, 0.717) is 6.54 Å². The third-order valence-corrected chi connectivity index (χ3v) is 5.81. The molecule has 4 rings (SSSR count). The second kappa shape index (κ2) is 7.00. The Bertz CT molecular complexity index is 718. The molecule has 25 heavy (non-hydrogen) atoms. The SMILES string of the molecule is O=C(NCc1nccn1CCc1ccccc1)C1CC12CCNCC2. The summed E-state index contributed by atoms with van der Waals surface area (Å²) in [7, 11) is 0. The van der Waals surface area contributed by atoms with Gasteiger partial charge in [-0.1, -0.05) is 30.3 Å². The molecule has 2 aliphatic rings. The Kier molecular flexibility index (Phi) is 4.57. The molecule has 2 fully saturated rings. The molecule has 1 aromatic heterocycles. The molecule has 1 saturated heterocycles. The second-order valence-corrected chi connectivity index (χ2v) is 7.36. The molecule has 5 heteroatoms. The molecule has 132 valence electrons. The van der Waals surface area contributed by atoms with E-state index in [1.165, 1.54) is 5.56 Å². The van der Waals surface area contributed by atoms with E-state index in [2.05, 4.69) is 44.5 Å². The number of aromatic nitrogens is 2. The van der Waals surface area contributed by atoms with E-state index < -0.39 is 0 Å². The van der Waals surface area contributed by atoms with Gasteiger partial charge in [-0.2, -0.15) is 0 Å². The normalized spacial score (nSPS) is 21.2. The molecule has 0 bridgehead atoms. The number of piperidine rings is 1. The number of carbonyl (C=O) groups excluding carboxylic acids is 1. The smallest absolute Gasteiger partial charge is 0.224 e. The number of aryl methyl sites for hydroxylation is 2. The zero-order valence-corrected chi connectivity index (χ0v) is 14.6. The highest BCUT2D eigenvalue weighted by Gasteiger charge is 2.57. The lowest BCUT2D eigenvalue weighted by molar-refractivity contribution is -0.123. The van der Waals surface area contributed by atoms with Gasteiger partial charge in [-0.3, -0.25) is 4.79 Å². The fraction of sp³-hybridized carbons (Fsp3) is 0.500. The number of nitrogens with zero attached hydrogens (tertiary/aromatic N) is 2. The zero-order valence-electron chi connectivity index (χ0n) is 14.6. The van der Waals surface area contributed by atoms with Gasteiger partial charge >= 0.3 is 0 Å². The number of carbonyl (C=O) groups is 1. The summed E-state index contributed by atoms with van der Waals surface area (Å²) in [6, 6.07) is 10.5. The molecule has 1 atom stereocenters. The average Bonchev–Trinajstić information content (AvgIpc) is 3.15. The number of amides is 1. The first-order valence-electron chi connectivity index (χ1n) is 9.29. The van der Waals surface area contributed by atoms with E-state index in [0.717, 1.165) is 51.1 Å². The van der Waals surface area contributed by atoms with Gasteiger partial charge in [-0.05, 0) is 49.8 Å². The van der Waals surface area contributed by atoms with Crippen molar-refractivity contribution in [1.82, 2.24) is 20.2 Å². The minimum atomic E-state index is 0.208. The van der Waals surface area contributed by atoms with Gasteiger partial charge < -0.3 is 15.2 Å². The largest absolute Gasteiger partial charge is 0.349 e. The molecule has 1 unspecified atom stereocenters. The molecular weight excluding hydrogens is 312 g/mol. The van der Waals surface area contributed by atoms with Crippen LogP contribution < -0.4 is 10.6 Å². The standard InChI is InChI=1S/C20H26N4O/c25-19(17-14-20(17)7-9-21-10-8-20)23-15-18-22-11-13-24(18)12-6-16-4-2-1-3-5-16/h1-5,11,13,17,21H,6-10,12,14-15H2,(H,23,25). The lowest BCUT2D eigenvalue weighted by atomic mass is 9.92. The molecule has 1 spiro atoms. The molecule has 0 radical (unpaired) electrons. The summed E-state index contributed by atoms with van der Waals surface area (Å²) < 4.78 is 2.14. The second-order valence-electron chi connectivity index (χ2n) is 7.36. The van der Waals surface area contributed by atoms with E-state index in [1.54, 1.807) is 0 Å². The van der Waals surface area contributed by atoms with Crippen LogP contribution in [0.3, 0.4) is 0 Å². The lowest BCUT2D eigenvalue weighted by Gasteiger charge is -2.23. The van der Waals surface area contributed by atoms with E-state index >= 15 is 0 Å². The predicted molar refractivity (Wildman–Crippen MR) is 96.9 cm³/mol. The van der Waals surface area contributed by atoms with Crippen molar-refractivity contribution < 1.29 is 4.79 Å². The van der Waals surface area contributed by atoms with Gasteiger partial charge in [0.25, 0.3) is 0 Å². The first-order valence-corrected chi connectivity index (χ1v) is 9.29. The lowest BCUT2D eigenvalue weighted by Crippen LogP contribution is -2.33. The minimum absolute atomic E-state index is 0.208. The Morgan fingerprint density at radius 2 is 2.08 bits per heavy atom. The highest BCUT2D eigenvalue weighted by Crippen LogP contribution is 2.58. The molecule has 5 nitrogen and oxygen atoms in total. The van der Waals surface area contributed by atoms with E-state index in [1.807, 2.05) is 18.5 Å². The summed E-state index contributed by atoms with van der Waals surface area (Å²) >= 11 is 0. The average molecular weight is 338 g/mol. The van der Waals surface area contributed by atoms with Crippen molar-refractivity contribution in [2.75, 3.05) is 13.1 Å². The monoisotopic (exact) mass is 338 g/mol. The zero-order chi connectivity index (χ0) is 17.1. The van der Waals surface area contributed by atoms with Crippen LogP contribution in [0.5, 0.6) is 0 Å². The number of hydrogen-bond acceptors (Lipinski definition) is 3. The van der Waals surface area contributed by atoms with Gasteiger partial charge in [0.05, 0.1) is 6.54 Å². The molecular formula is C20H26N4O. The first-order chi connectivity index (χ1) is 12.3. The third-order valence-electron chi connectivity index (χ3n) is 5.81. The van der Waals surface area contributed by atoms with Crippen LogP contribution in [0.1, 0.15) is 30.7 Å². The van der Waals surface area contributed by atoms with Crippen LogP contribution in [-0.2, 0) is 24.3 Å². The summed E-state index contributed by atoms with van der Waals surface area (Å²) in [5, 5.41) is 6.50. The molecule has 1 aliphatic carbocycles. The van der Waals surface area contributed by atoms with Gasteiger partial charge in [-0.15, -0.1) is 0 Å². The maximum atomic E-state index is 12.5. The Hall–Kier alpha value is -2.14. The van der Waals surface area contributed by atoms with Crippen LogP contribution in [-0.4, -0.2) is 28.5 Å². The van der Waals surface area contributed by atoms with Gasteiger partial charge in [0, 0.05) is 24.9 Å². The Morgan fingerprint density at radius 1 is 1.28 bits per heavy atom. The van der Waals surface area contributed by atoms with Crippen molar-refractivity contribution >= 4 is 5.91 Å². The van der Waals surface area contributed by atoms with Gasteiger partial charge in [0.1, 0.15) is 5.82 Å². The van der Waals surface area contributed by atoms with Crippen LogP contribution in [0.2, 0.25) is 0 Å². The summed E-state index contributed by atoms with van der Waals surface area (Å²) in [6.07, 6.45) is 8.11. The van der Waals surface area contributed by atoms with E-state index in [9.17, 15) is 4.79 Å². The quantitative estimate of drug-likeness (QED) is 0.848. The van der Waals surface area contributed by atoms with Crippen molar-refractivity contribution in [1.29, 1.82) is 0 Å². The highest BCUT2D eigenvalue weighted by molar-refractivity contribution is 5.82. The molecule has 1 aliphatic heterocycles. The Balaban J connectivity index is 1.29. The van der Waals surface area contributed by atoms with E-state index in [-0.39, 0.29) is 17.2 Å². The maximum Gasteiger partial charge on any atom is 0.224 e. The van der Waals surface area contributed by atoms with Crippen LogP contribution in [0.4, 0.5) is 0 Å². The Morgan fingerprint density at radius 3 is 2.88 bits per heavy atom. The maximum absolute atomic E-state index is 12.5. The van der Waals surface area contributed by atoms with Crippen LogP contribution >= 0.6 is 0 Å². The summed E-state index contributed by atoms with van der Waals surface area (Å²) in [6.45, 7) is 3.50. The molecule has 2 N–H and O–H groups in total. The van der Waals surface area contributed by atoms with Crippen molar-refractivity contribution in [3.8, 4) is 0 Å². The molecule has 2 aromatic rings. The fourth-order valence-electron chi connectivity index (χ4n) is 4.09. The summed E-state index contributed by atoms with van der Waals surface area (Å²) in [5.41, 5.74) is 1.61. The van der Waals surface area contributed by atoms with Gasteiger partial charge in [0.15, 0.2) is 0 Å². The van der Waals surface area contributed by atoms with Crippen LogP contribution in [0.15, 0.2) is 42.7 Å². The number of nitrogens with one attached hydrogen (secondary N) is 2. The summed E-state index contributed by atoms with van der Waals surface area (Å²) in [5.74, 6) is 1.35. The molecule has 2 heterocycles. The van der Waals surface area contributed by atoms with Gasteiger partial charge in [-0.25, -0.2) is 4.98 Å². The molecule has 1 saturated carbocycles. The van der Waals surface area contributed by atoms with Crippen molar-refractivity contribution in [2.24, 2.45) is 11.3 Å². The first kappa shape index (κ1) is 16.3. The number of rotatable bonds is 6. The van der Waals surface area contributed by atoms with Crippen molar-refractivity contribution in [2.45, 2.75) is 38.8 Å². The number of hydrogen-bond donors (Lipinski definition) is 2. The minimum Gasteiger partial charge on any atom is -0.349 e. The molecule has 1 aromatic carbocycles. The van der Waals surface area contributed by atoms with E-state index in [4.69, 9.17) is 0 Å². The number of benzene rings is 1. The third kappa shape index (κ3) is 3.61. The van der Waals surface area contributed by atoms with Crippen molar-refractivity contribution in [3.05, 3.63) is 54.1 Å². The summed E-state index contributed by atoms with van der Waals surface area (Å²) in [4.78, 5) is 16.9. The molecule has 1 amide bonds. The van der Waals surface area contributed by atoms with Gasteiger partial charge in [0.2, 0.25) is 5.91 Å². The fourth-order valence-corrected chi connectivity index (χ4v) is 4.09. The van der Waals surface area contributed by atoms with Crippen LogP contribution in [0.25, 0.3) is 0 Å². The highest BCUT2D eigenvalue weighted by atomic mass is 16.2. The Labute approximate surface area is 148 Å². The van der Waals surface area contributed by atoms with Crippen LogP contribution in [0, 0.1) is 11.3 Å².